The van der Waals surface area contributed by atoms with Gasteiger partial charge in [-0.3, -0.25) is 4.79 Å². The van der Waals surface area contributed by atoms with Gasteiger partial charge in [-0.25, -0.2) is 0 Å². The van der Waals surface area contributed by atoms with Crippen molar-refractivity contribution in [1.29, 1.82) is 0 Å². The first kappa shape index (κ1) is 23.9. The van der Waals surface area contributed by atoms with Gasteiger partial charge in [0.2, 0.25) is 0 Å². The highest BCUT2D eigenvalue weighted by Gasteiger charge is 2.20. The number of aryl methyl sites for hydroxylation is 1. The second-order valence-electron chi connectivity index (χ2n) is 8.44. The number of amides is 1. The molecule has 3 aromatic carbocycles. The number of carbonyl (C=O) groups excluding carboxylic acids is 1. The molecule has 0 saturated heterocycles. The summed E-state index contributed by atoms with van der Waals surface area (Å²) in [6.07, 6.45) is 3.26. The quantitative estimate of drug-likeness (QED) is 0.281. The number of hydrogen-bond donors (Lipinski definition) is 3. The van der Waals surface area contributed by atoms with E-state index in [0.717, 1.165) is 39.6 Å². The summed E-state index contributed by atoms with van der Waals surface area (Å²) in [7, 11) is 0. The normalized spacial score (nSPS) is 12.0. The number of aromatic nitrogens is 1. The summed E-state index contributed by atoms with van der Waals surface area (Å²) in [5.41, 5.74) is 5.28. The SMILES string of the molecule is CCCOc1ccc(-c2ccc(C)c(Cl)c2)cc1C(=O)N[C@@H](CO)Cc1c[nH]c2ccccc12. The van der Waals surface area contributed by atoms with Crippen LogP contribution in [0.5, 0.6) is 5.75 Å². The van der Waals surface area contributed by atoms with Crippen molar-refractivity contribution in [2.45, 2.75) is 32.7 Å². The van der Waals surface area contributed by atoms with Crippen molar-refractivity contribution >= 4 is 28.4 Å². The highest BCUT2D eigenvalue weighted by molar-refractivity contribution is 6.31. The number of fused-ring (bicyclic) bond motifs is 1. The molecule has 0 aliphatic rings. The molecule has 0 spiro atoms. The number of ether oxygens (including phenoxy) is 1. The fourth-order valence-corrected chi connectivity index (χ4v) is 4.17. The zero-order valence-corrected chi connectivity index (χ0v) is 20.2. The second kappa shape index (κ2) is 10.8. The molecule has 0 unspecified atom stereocenters. The van der Waals surface area contributed by atoms with Crippen LogP contribution in [0, 0.1) is 6.92 Å². The van der Waals surface area contributed by atoms with Gasteiger partial charge < -0.3 is 20.1 Å². The standard InChI is InChI=1S/C28H29ClN2O3/c1-3-12-34-27-11-10-19(20-9-8-18(2)25(29)15-20)14-24(27)28(33)31-22(17-32)13-21-16-30-26-7-5-4-6-23(21)26/h4-11,14-16,22,30,32H,3,12-13,17H2,1-2H3,(H,31,33)/t22-/m1/s1. The largest absolute Gasteiger partial charge is 0.493 e. The lowest BCUT2D eigenvalue weighted by atomic mass is 10.00. The minimum Gasteiger partial charge on any atom is -0.493 e. The number of rotatable bonds is 9. The minimum atomic E-state index is -0.441. The Kier molecular flexibility index (Phi) is 7.56. The molecule has 1 aromatic heterocycles. The summed E-state index contributed by atoms with van der Waals surface area (Å²) in [4.78, 5) is 16.6. The Morgan fingerprint density at radius 3 is 2.65 bits per heavy atom. The summed E-state index contributed by atoms with van der Waals surface area (Å²) in [5.74, 6) is 0.232. The molecule has 0 radical (unpaired) electrons. The average molecular weight is 477 g/mol. The van der Waals surface area contributed by atoms with E-state index in [9.17, 15) is 9.90 Å². The number of carbonyl (C=O) groups is 1. The van der Waals surface area contributed by atoms with Crippen molar-refractivity contribution < 1.29 is 14.6 Å². The highest BCUT2D eigenvalue weighted by atomic mass is 35.5. The Balaban J connectivity index is 1.60. The van der Waals surface area contributed by atoms with E-state index in [4.69, 9.17) is 16.3 Å². The first-order valence-electron chi connectivity index (χ1n) is 11.5. The average Bonchev–Trinajstić information content (AvgIpc) is 3.26. The molecule has 6 heteroatoms. The van der Waals surface area contributed by atoms with Gasteiger partial charge in [0.1, 0.15) is 5.75 Å². The molecule has 0 aliphatic carbocycles. The molecule has 1 amide bonds. The maximum Gasteiger partial charge on any atom is 0.255 e. The highest BCUT2D eigenvalue weighted by Crippen LogP contribution is 2.30. The number of hydrogen-bond acceptors (Lipinski definition) is 3. The zero-order valence-electron chi connectivity index (χ0n) is 19.4. The van der Waals surface area contributed by atoms with E-state index in [0.29, 0.717) is 29.4 Å². The number of H-pyrrole nitrogens is 1. The van der Waals surface area contributed by atoms with Crippen LogP contribution >= 0.6 is 11.6 Å². The van der Waals surface area contributed by atoms with Crippen LogP contribution in [0.2, 0.25) is 5.02 Å². The third kappa shape index (κ3) is 5.27. The van der Waals surface area contributed by atoms with E-state index < -0.39 is 6.04 Å². The third-order valence-corrected chi connectivity index (χ3v) is 6.30. The van der Waals surface area contributed by atoms with E-state index in [-0.39, 0.29) is 12.5 Å². The topological polar surface area (TPSA) is 74.3 Å². The molecule has 4 rings (SSSR count). The summed E-state index contributed by atoms with van der Waals surface area (Å²) < 4.78 is 5.87. The lowest BCUT2D eigenvalue weighted by Gasteiger charge is -2.18. The van der Waals surface area contributed by atoms with Gasteiger partial charge >= 0.3 is 0 Å². The second-order valence-corrected chi connectivity index (χ2v) is 8.85. The number of halogens is 1. The van der Waals surface area contributed by atoms with Gasteiger partial charge in [-0.2, -0.15) is 0 Å². The van der Waals surface area contributed by atoms with Crippen LogP contribution in [0.15, 0.2) is 66.9 Å². The molecule has 1 heterocycles. The number of aliphatic hydroxyl groups excluding tert-OH is 1. The zero-order chi connectivity index (χ0) is 24.1. The first-order chi connectivity index (χ1) is 16.5. The summed E-state index contributed by atoms with van der Waals surface area (Å²) in [6.45, 7) is 4.30. The molecule has 34 heavy (non-hydrogen) atoms. The molecule has 176 valence electrons. The lowest BCUT2D eigenvalue weighted by Crippen LogP contribution is -2.39. The smallest absolute Gasteiger partial charge is 0.255 e. The van der Waals surface area contributed by atoms with E-state index in [1.165, 1.54) is 0 Å². The fraction of sp³-hybridized carbons (Fsp3) is 0.250. The summed E-state index contributed by atoms with van der Waals surface area (Å²) in [5, 5.41) is 14.8. The van der Waals surface area contributed by atoms with Crippen LogP contribution in [0.3, 0.4) is 0 Å². The van der Waals surface area contributed by atoms with Crippen molar-refractivity contribution in [3.63, 3.8) is 0 Å². The van der Waals surface area contributed by atoms with E-state index in [2.05, 4.69) is 10.3 Å². The van der Waals surface area contributed by atoms with Crippen molar-refractivity contribution in [1.82, 2.24) is 10.3 Å². The lowest BCUT2D eigenvalue weighted by molar-refractivity contribution is 0.0912. The predicted molar refractivity (Wildman–Crippen MR) is 138 cm³/mol. The number of aliphatic hydroxyl groups is 1. The Labute approximate surface area is 204 Å². The monoisotopic (exact) mass is 476 g/mol. The number of nitrogens with one attached hydrogen (secondary N) is 2. The summed E-state index contributed by atoms with van der Waals surface area (Å²) in [6, 6.07) is 19.0. The van der Waals surface area contributed by atoms with Gasteiger partial charge in [-0.15, -0.1) is 0 Å². The van der Waals surface area contributed by atoms with Gasteiger partial charge in [-0.1, -0.05) is 54.9 Å². The molecular formula is C28H29ClN2O3. The van der Waals surface area contributed by atoms with Gasteiger partial charge in [0.25, 0.3) is 5.91 Å². The van der Waals surface area contributed by atoms with Crippen LogP contribution in [0.25, 0.3) is 22.0 Å². The third-order valence-electron chi connectivity index (χ3n) is 5.89. The maximum absolute atomic E-state index is 13.4. The molecule has 0 bridgehead atoms. The van der Waals surface area contributed by atoms with Crippen LogP contribution in [0.1, 0.15) is 34.8 Å². The van der Waals surface area contributed by atoms with Gasteiger partial charge in [-0.05, 0) is 66.3 Å². The molecule has 0 aliphatic heterocycles. The number of para-hydroxylation sites is 1. The van der Waals surface area contributed by atoms with E-state index >= 15 is 0 Å². The molecule has 5 nitrogen and oxygen atoms in total. The van der Waals surface area contributed by atoms with Crippen LogP contribution < -0.4 is 10.1 Å². The minimum absolute atomic E-state index is 0.177. The summed E-state index contributed by atoms with van der Waals surface area (Å²) >= 11 is 6.33. The van der Waals surface area contributed by atoms with Gasteiger partial charge in [0, 0.05) is 22.1 Å². The molecule has 4 aromatic rings. The van der Waals surface area contributed by atoms with Crippen LogP contribution in [0.4, 0.5) is 0 Å². The Morgan fingerprint density at radius 2 is 1.88 bits per heavy atom. The molecule has 0 saturated carbocycles. The maximum atomic E-state index is 13.4. The number of aromatic amines is 1. The van der Waals surface area contributed by atoms with Gasteiger partial charge in [0.05, 0.1) is 24.8 Å². The Hall–Kier alpha value is -3.28. The predicted octanol–water partition coefficient (Wildman–Crippen LogP) is 5.92. The molecule has 0 fully saturated rings. The van der Waals surface area contributed by atoms with Crippen LogP contribution in [-0.4, -0.2) is 35.3 Å². The Morgan fingerprint density at radius 1 is 1.12 bits per heavy atom. The molecular weight excluding hydrogens is 448 g/mol. The first-order valence-corrected chi connectivity index (χ1v) is 11.9. The van der Waals surface area contributed by atoms with Crippen molar-refractivity contribution in [2.24, 2.45) is 0 Å². The molecule has 3 N–H and O–H groups in total. The van der Waals surface area contributed by atoms with Crippen molar-refractivity contribution in [3.8, 4) is 16.9 Å². The van der Waals surface area contributed by atoms with Gasteiger partial charge in [0.15, 0.2) is 0 Å². The van der Waals surface area contributed by atoms with E-state index in [1.54, 1.807) is 0 Å². The number of benzene rings is 3. The fourth-order valence-electron chi connectivity index (χ4n) is 3.99. The van der Waals surface area contributed by atoms with E-state index in [1.807, 2.05) is 80.7 Å². The van der Waals surface area contributed by atoms with Crippen molar-refractivity contribution in [2.75, 3.05) is 13.2 Å². The Bertz CT molecular complexity index is 1300. The molecule has 1 atom stereocenters. The van der Waals surface area contributed by atoms with Crippen LogP contribution in [-0.2, 0) is 6.42 Å². The van der Waals surface area contributed by atoms with Crippen molar-refractivity contribution in [3.05, 3.63) is 88.6 Å².